The quantitative estimate of drug-likeness (QED) is 0.542. The second-order valence-corrected chi connectivity index (χ2v) is 6.79. The van der Waals surface area contributed by atoms with Gasteiger partial charge in [-0.2, -0.15) is 0 Å². The summed E-state index contributed by atoms with van der Waals surface area (Å²) in [5, 5.41) is 2.35. The standard InChI is InChI=1S/C21H18ClN3O5/c1-2-13-5-3-4-6-16(13)25-20(28)14(19(27)24-21(25)29)9-12-7-8-17(15(22)10-12)30-11-18(23)26/h3-10H,2,11H2,1H3,(H2,23,26)(H,24,27,29). The smallest absolute Gasteiger partial charge is 0.335 e. The molecule has 1 saturated heterocycles. The Bertz CT molecular complexity index is 1080. The number of amides is 5. The lowest BCUT2D eigenvalue weighted by molar-refractivity contribution is -0.123. The van der Waals surface area contributed by atoms with Crippen LogP contribution in [0.2, 0.25) is 5.02 Å². The van der Waals surface area contributed by atoms with Gasteiger partial charge in [-0.3, -0.25) is 19.7 Å². The Kier molecular flexibility index (Phi) is 6.17. The van der Waals surface area contributed by atoms with E-state index in [1.54, 1.807) is 30.3 Å². The number of para-hydroxylation sites is 1. The number of aryl methyl sites for hydroxylation is 1. The molecule has 0 spiro atoms. The van der Waals surface area contributed by atoms with E-state index in [1.165, 1.54) is 18.2 Å². The van der Waals surface area contributed by atoms with E-state index in [-0.39, 0.29) is 23.0 Å². The summed E-state index contributed by atoms with van der Waals surface area (Å²) in [6.07, 6.45) is 1.93. The number of benzene rings is 2. The van der Waals surface area contributed by atoms with Crippen molar-refractivity contribution in [3.63, 3.8) is 0 Å². The number of hydrogen-bond donors (Lipinski definition) is 2. The Morgan fingerprint density at radius 3 is 2.60 bits per heavy atom. The lowest BCUT2D eigenvalue weighted by Crippen LogP contribution is -2.54. The maximum absolute atomic E-state index is 13.0. The van der Waals surface area contributed by atoms with Crippen LogP contribution in [0.25, 0.3) is 6.08 Å². The highest BCUT2D eigenvalue weighted by Gasteiger charge is 2.37. The summed E-state index contributed by atoms with van der Waals surface area (Å²) >= 11 is 6.13. The molecule has 154 valence electrons. The number of primary amides is 1. The summed E-state index contributed by atoms with van der Waals surface area (Å²) in [7, 11) is 0. The minimum Gasteiger partial charge on any atom is -0.482 e. The van der Waals surface area contributed by atoms with Gasteiger partial charge in [0.15, 0.2) is 6.61 Å². The van der Waals surface area contributed by atoms with Gasteiger partial charge >= 0.3 is 6.03 Å². The van der Waals surface area contributed by atoms with Crippen LogP contribution in [-0.4, -0.2) is 30.4 Å². The van der Waals surface area contributed by atoms with Crippen LogP contribution in [0.1, 0.15) is 18.1 Å². The second-order valence-electron chi connectivity index (χ2n) is 6.38. The number of hydrogen-bond acceptors (Lipinski definition) is 5. The van der Waals surface area contributed by atoms with E-state index in [0.29, 0.717) is 17.7 Å². The zero-order valence-electron chi connectivity index (χ0n) is 16.0. The molecule has 3 rings (SSSR count). The van der Waals surface area contributed by atoms with Crippen molar-refractivity contribution in [3.8, 4) is 5.75 Å². The summed E-state index contributed by atoms with van der Waals surface area (Å²) < 4.78 is 5.17. The lowest BCUT2D eigenvalue weighted by Gasteiger charge is -2.28. The highest BCUT2D eigenvalue weighted by molar-refractivity contribution is 6.39. The van der Waals surface area contributed by atoms with Gasteiger partial charge in [-0.15, -0.1) is 0 Å². The molecule has 0 radical (unpaired) electrons. The van der Waals surface area contributed by atoms with E-state index in [0.717, 1.165) is 10.5 Å². The first kappa shape index (κ1) is 21.1. The number of imide groups is 2. The number of nitrogens with two attached hydrogens (primary N) is 1. The monoisotopic (exact) mass is 427 g/mol. The number of carbonyl (C=O) groups is 4. The number of carbonyl (C=O) groups excluding carboxylic acids is 4. The fourth-order valence-electron chi connectivity index (χ4n) is 2.94. The molecule has 0 atom stereocenters. The van der Waals surface area contributed by atoms with E-state index in [2.05, 4.69) is 5.32 Å². The predicted octanol–water partition coefficient (Wildman–Crippen LogP) is 2.43. The number of halogens is 1. The van der Waals surface area contributed by atoms with E-state index >= 15 is 0 Å². The molecule has 1 aliphatic rings. The molecule has 0 saturated carbocycles. The SMILES string of the molecule is CCc1ccccc1N1C(=O)NC(=O)C(=Cc2ccc(OCC(N)=O)c(Cl)c2)C1=O. The van der Waals surface area contributed by atoms with Gasteiger partial charge in [-0.1, -0.05) is 42.8 Å². The third-order valence-electron chi connectivity index (χ3n) is 4.35. The number of anilines is 1. The molecular formula is C21H18ClN3O5. The van der Waals surface area contributed by atoms with Crippen LogP contribution in [-0.2, 0) is 20.8 Å². The number of rotatable bonds is 6. The molecule has 2 aromatic rings. The fourth-order valence-corrected chi connectivity index (χ4v) is 3.19. The van der Waals surface area contributed by atoms with E-state index in [4.69, 9.17) is 22.1 Å². The Morgan fingerprint density at radius 2 is 1.93 bits per heavy atom. The predicted molar refractivity (Wildman–Crippen MR) is 111 cm³/mol. The first-order valence-corrected chi connectivity index (χ1v) is 9.39. The Hall–Kier alpha value is -3.65. The van der Waals surface area contributed by atoms with Crippen LogP contribution >= 0.6 is 11.6 Å². The lowest BCUT2D eigenvalue weighted by atomic mass is 10.0. The van der Waals surface area contributed by atoms with Gasteiger partial charge in [0.25, 0.3) is 17.7 Å². The van der Waals surface area contributed by atoms with Crippen LogP contribution in [0.5, 0.6) is 5.75 Å². The minimum absolute atomic E-state index is 0.165. The normalized spacial score (nSPS) is 15.3. The molecule has 1 aliphatic heterocycles. The average molecular weight is 428 g/mol. The molecule has 0 aliphatic carbocycles. The van der Waals surface area contributed by atoms with Crippen LogP contribution in [0.15, 0.2) is 48.0 Å². The van der Waals surface area contributed by atoms with E-state index in [1.807, 2.05) is 6.92 Å². The number of urea groups is 1. The van der Waals surface area contributed by atoms with Crippen molar-refractivity contribution in [2.45, 2.75) is 13.3 Å². The topological polar surface area (TPSA) is 119 Å². The largest absolute Gasteiger partial charge is 0.482 e. The number of ether oxygens (including phenoxy) is 1. The average Bonchev–Trinajstić information content (AvgIpc) is 2.70. The van der Waals surface area contributed by atoms with Gasteiger partial charge < -0.3 is 10.5 Å². The van der Waals surface area contributed by atoms with Crippen molar-refractivity contribution in [3.05, 3.63) is 64.2 Å². The van der Waals surface area contributed by atoms with E-state index in [9.17, 15) is 19.2 Å². The van der Waals surface area contributed by atoms with Gasteiger partial charge in [0.2, 0.25) is 0 Å². The first-order chi connectivity index (χ1) is 14.3. The molecule has 0 aromatic heterocycles. The zero-order chi connectivity index (χ0) is 21.8. The summed E-state index contributed by atoms with van der Waals surface area (Å²) in [6, 6.07) is 10.7. The molecule has 9 heteroatoms. The number of nitrogens with one attached hydrogen (secondary N) is 1. The maximum atomic E-state index is 13.0. The van der Waals surface area contributed by atoms with Crippen molar-refractivity contribution in [1.29, 1.82) is 0 Å². The summed E-state index contributed by atoms with van der Waals surface area (Å²) in [6.45, 7) is 1.56. The number of barbiturate groups is 1. The van der Waals surface area contributed by atoms with Gasteiger partial charge in [0.05, 0.1) is 10.7 Å². The van der Waals surface area contributed by atoms with Gasteiger partial charge in [0.1, 0.15) is 11.3 Å². The van der Waals surface area contributed by atoms with Crippen molar-refractivity contribution in [2.24, 2.45) is 5.73 Å². The highest BCUT2D eigenvalue weighted by atomic mass is 35.5. The van der Waals surface area contributed by atoms with Crippen LogP contribution in [0.3, 0.4) is 0 Å². The Balaban J connectivity index is 1.95. The van der Waals surface area contributed by atoms with Crippen LogP contribution < -0.4 is 20.7 Å². The Labute approximate surface area is 177 Å². The molecule has 1 fully saturated rings. The first-order valence-electron chi connectivity index (χ1n) is 9.01. The molecule has 3 N–H and O–H groups in total. The van der Waals surface area contributed by atoms with Gasteiger partial charge in [0, 0.05) is 0 Å². The minimum atomic E-state index is -0.809. The zero-order valence-corrected chi connectivity index (χ0v) is 16.7. The molecule has 0 unspecified atom stereocenters. The molecule has 2 aromatic carbocycles. The summed E-state index contributed by atoms with van der Waals surface area (Å²) in [4.78, 5) is 49.5. The fraction of sp³-hybridized carbons (Fsp3) is 0.143. The number of nitrogens with zero attached hydrogens (tertiary/aromatic N) is 1. The summed E-state index contributed by atoms with van der Waals surface area (Å²) in [5.74, 6) is -1.97. The maximum Gasteiger partial charge on any atom is 0.335 e. The molecular weight excluding hydrogens is 410 g/mol. The highest BCUT2D eigenvalue weighted by Crippen LogP contribution is 2.29. The van der Waals surface area contributed by atoms with E-state index < -0.39 is 23.8 Å². The van der Waals surface area contributed by atoms with Crippen molar-refractivity contribution >= 4 is 47.1 Å². The molecule has 0 bridgehead atoms. The van der Waals surface area contributed by atoms with Crippen molar-refractivity contribution in [1.82, 2.24) is 5.32 Å². The van der Waals surface area contributed by atoms with Gasteiger partial charge in [-0.25, -0.2) is 9.69 Å². The Morgan fingerprint density at radius 1 is 1.20 bits per heavy atom. The third kappa shape index (κ3) is 4.33. The van der Waals surface area contributed by atoms with Crippen molar-refractivity contribution < 1.29 is 23.9 Å². The molecule has 5 amide bonds. The molecule has 1 heterocycles. The second kappa shape index (κ2) is 8.79. The van der Waals surface area contributed by atoms with Crippen LogP contribution in [0, 0.1) is 0 Å². The van der Waals surface area contributed by atoms with Crippen molar-refractivity contribution in [2.75, 3.05) is 11.5 Å². The third-order valence-corrected chi connectivity index (χ3v) is 4.65. The van der Waals surface area contributed by atoms with Crippen LogP contribution in [0.4, 0.5) is 10.5 Å². The van der Waals surface area contributed by atoms with Gasteiger partial charge in [-0.05, 0) is 41.8 Å². The summed E-state index contributed by atoms with van der Waals surface area (Å²) in [5.41, 5.74) is 6.45. The molecule has 30 heavy (non-hydrogen) atoms. The molecule has 8 nitrogen and oxygen atoms in total.